The van der Waals surface area contributed by atoms with Crippen LogP contribution in [-0.4, -0.2) is 6.54 Å². The van der Waals surface area contributed by atoms with E-state index >= 15 is 0 Å². The van der Waals surface area contributed by atoms with E-state index < -0.39 is 0 Å². The molecule has 1 fully saturated rings. The molecule has 0 spiro atoms. The van der Waals surface area contributed by atoms with Gasteiger partial charge in [-0.3, -0.25) is 0 Å². The van der Waals surface area contributed by atoms with Crippen molar-refractivity contribution in [3.8, 4) is 0 Å². The molecule has 1 aromatic rings. The Morgan fingerprint density at radius 1 is 1.47 bits per heavy atom. The van der Waals surface area contributed by atoms with E-state index in [1.165, 1.54) is 25.3 Å². The zero-order valence-electron chi connectivity index (χ0n) is 8.39. The summed E-state index contributed by atoms with van der Waals surface area (Å²) in [5.74, 6) is 0.440. The number of hydrogen-bond donors (Lipinski definition) is 2. The Bertz CT molecular complexity index is 364. The summed E-state index contributed by atoms with van der Waals surface area (Å²) in [5.41, 5.74) is 7.00. The van der Waals surface area contributed by atoms with Crippen molar-refractivity contribution in [2.24, 2.45) is 5.92 Å². The van der Waals surface area contributed by atoms with Crippen LogP contribution < -0.4 is 11.1 Å². The molecule has 1 aliphatic rings. The second kappa shape index (κ2) is 4.39. The minimum atomic E-state index is -0.318. The molecule has 2 rings (SSSR count). The lowest BCUT2D eigenvalue weighted by Gasteiger charge is -2.26. The Morgan fingerprint density at radius 2 is 2.20 bits per heavy atom. The Kier molecular flexibility index (Phi) is 3.14. The highest BCUT2D eigenvalue weighted by atomic mass is 79.9. The predicted molar refractivity (Wildman–Crippen MR) is 64.3 cm³/mol. The van der Waals surface area contributed by atoms with Crippen LogP contribution in [0.25, 0.3) is 0 Å². The SMILES string of the molecule is Nc1cc(F)c(Br)cc1NCC1CCC1. The molecule has 0 unspecified atom stereocenters. The second-order valence-electron chi connectivity index (χ2n) is 4.03. The molecule has 82 valence electrons. The summed E-state index contributed by atoms with van der Waals surface area (Å²) in [5, 5.41) is 3.26. The molecule has 1 aromatic carbocycles. The number of anilines is 2. The highest BCUT2D eigenvalue weighted by Gasteiger charge is 2.17. The third-order valence-electron chi connectivity index (χ3n) is 2.90. The molecule has 0 aliphatic heterocycles. The first-order chi connectivity index (χ1) is 7.16. The van der Waals surface area contributed by atoms with E-state index in [9.17, 15) is 4.39 Å². The fourth-order valence-corrected chi connectivity index (χ4v) is 2.01. The predicted octanol–water partition coefficient (Wildman–Crippen LogP) is 3.38. The highest BCUT2D eigenvalue weighted by Crippen LogP contribution is 2.30. The van der Waals surface area contributed by atoms with Crippen molar-refractivity contribution in [3.05, 3.63) is 22.4 Å². The maximum Gasteiger partial charge on any atom is 0.139 e. The maximum atomic E-state index is 13.1. The van der Waals surface area contributed by atoms with Crippen LogP contribution in [0.4, 0.5) is 15.8 Å². The molecule has 15 heavy (non-hydrogen) atoms. The molecule has 2 nitrogen and oxygen atoms in total. The van der Waals surface area contributed by atoms with Crippen LogP contribution in [0.15, 0.2) is 16.6 Å². The number of benzene rings is 1. The maximum absolute atomic E-state index is 13.1. The van der Waals surface area contributed by atoms with E-state index in [0.717, 1.165) is 18.2 Å². The molecule has 0 bridgehead atoms. The van der Waals surface area contributed by atoms with Crippen molar-refractivity contribution in [1.82, 2.24) is 0 Å². The lowest BCUT2D eigenvalue weighted by molar-refractivity contribution is 0.333. The van der Waals surface area contributed by atoms with Crippen LogP contribution in [0.3, 0.4) is 0 Å². The van der Waals surface area contributed by atoms with E-state index in [4.69, 9.17) is 5.73 Å². The first-order valence-corrected chi connectivity index (χ1v) is 5.94. The summed E-state index contributed by atoms with van der Waals surface area (Å²) in [7, 11) is 0. The van der Waals surface area contributed by atoms with Crippen LogP contribution in [0.5, 0.6) is 0 Å². The van der Waals surface area contributed by atoms with Crippen LogP contribution in [0.2, 0.25) is 0 Å². The van der Waals surface area contributed by atoms with Crippen molar-refractivity contribution in [2.45, 2.75) is 19.3 Å². The molecule has 0 amide bonds. The van der Waals surface area contributed by atoms with Gasteiger partial charge in [0.1, 0.15) is 5.82 Å². The quantitative estimate of drug-likeness (QED) is 0.828. The number of rotatable bonds is 3. The van der Waals surface area contributed by atoms with Crippen molar-refractivity contribution in [3.63, 3.8) is 0 Å². The van der Waals surface area contributed by atoms with Gasteiger partial charge < -0.3 is 11.1 Å². The monoisotopic (exact) mass is 272 g/mol. The van der Waals surface area contributed by atoms with Gasteiger partial charge in [-0.1, -0.05) is 6.42 Å². The Hall–Kier alpha value is -0.770. The smallest absolute Gasteiger partial charge is 0.139 e. The third-order valence-corrected chi connectivity index (χ3v) is 3.51. The normalized spacial score (nSPS) is 16.1. The van der Waals surface area contributed by atoms with Crippen LogP contribution in [0, 0.1) is 11.7 Å². The molecule has 1 saturated carbocycles. The van der Waals surface area contributed by atoms with E-state index in [1.54, 1.807) is 6.07 Å². The molecule has 1 aliphatic carbocycles. The minimum absolute atomic E-state index is 0.318. The fourth-order valence-electron chi connectivity index (χ4n) is 1.67. The number of hydrogen-bond acceptors (Lipinski definition) is 2. The molecule has 0 aromatic heterocycles. The Morgan fingerprint density at radius 3 is 2.80 bits per heavy atom. The highest BCUT2D eigenvalue weighted by molar-refractivity contribution is 9.10. The van der Waals surface area contributed by atoms with Gasteiger partial charge in [-0.05, 0) is 40.8 Å². The number of halogens is 2. The molecular formula is C11H14BrFN2. The summed E-state index contributed by atoms with van der Waals surface area (Å²) in [6.45, 7) is 0.933. The summed E-state index contributed by atoms with van der Waals surface area (Å²) < 4.78 is 13.5. The molecule has 4 heteroatoms. The van der Waals surface area contributed by atoms with Crippen molar-refractivity contribution >= 4 is 27.3 Å². The van der Waals surface area contributed by atoms with Gasteiger partial charge in [0, 0.05) is 12.6 Å². The van der Waals surface area contributed by atoms with Gasteiger partial charge in [0.05, 0.1) is 15.8 Å². The average Bonchev–Trinajstić information content (AvgIpc) is 2.11. The number of nitrogens with two attached hydrogens (primary N) is 1. The van der Waals surface area contributed by atoms with E-state index in [2.05, 4.69) is 21.2 Å². The van der Waals surface area contributed by atoms with Crippen molar-refractivity contribution in [2.75, 3.05) is 17.6 Å². The van der Waals surface area contributed by atoms with Gasteiger partial charge >= 0.3 is 0 Å². The van der Waals surface area contributed by atoms with E-state index in [-0.39, 0.29) is 5.82 Å². The fraction of sp³-hybridized carbons (Fsp3) is 0.455. The lowest BCUT2D eigenvalue weighted by atomic mass is 9.85. The van der Waals surface area contributed by atoms with Gasteiger partial charge in [-0.15, -0.1) is 0 Å². The van der Waals surface area contributed by atoms with E-state index in [1.807, 2.05) is 0 Å². The second-order valence-corrected chi connectivity index (χ2v) is 4.89. The van der Waals surface area contributed by atoms with Gasteiger partial charge in [0.15, 0.2) is 0 Å². The zero-order valence-corrected chi connectivity index (χ0v) is 9.98. The van der Waals surface area contributed by atoms with Gasteiger partial charge in [-0.25, -0.2) is 4.39 Å². The molecule has 0 heterocycles. The van der Waals surface area contributed by atoms with Crippen LogP contribution in [0.1, 0.15) is 19.3 Å². The largest absolute Gasteiger partial charge is 0.397 e. The summed E-state index contributed by atoms with van der Waals surface area (Å²) in [4.78, 5) is 0. The van der Waals surface area contributed by atoms with Crippen molar-refractivity contribution in [1.29, 1.82) is 0 Å². The molecular weight excluding hydrogens is 259 g/mol. The van der Waals surface area contributed by atoms with E-state index in [0.29, 0.717) is 10.2 Å². The standard InChI is InChI=1S/C11H14BrFN2/c12-8-4-11(10(14)5-9(8)13)15-6-7-2-1-3-7/h4-5,7,15H,1-3,6,14H2. The van der Waals surface area contributed by atoms with Crippen molar-refractivity contribution < 1.29 is 4.39 Å². The average molecular weight is 273 g/mol. The van der Waals surface area contributed by atoms with Gasteiger partial charge in [0.2, 0.25) is 0 Å². The Balaban J connectivity index is 2.03. The summed E-state index contributed by atoms with van der Waals surface area (Å²) >= 11 is 3.15. The number of nitrogen functional groups attached to an aromatic ring is 1. The molecule has 0 atom stereocenters. The zero-order chi connectivity index (χ0) is 10.8. The van der Waals surface area contributed by atoms with Gasteiger partial charge in [-0.2, -0.15) is 0 Å². The Labute approximate surface area is 97.2 Å². The third kappa shape index (κ3) is 2.43. The summed E-state index contributed by atoms with van der Waals surface area (Å²) in [6, 6.07) is 3.04. The molecule has 0 saturated heterocycles. The molecule has 3 N–H and O–H groups in total. The molecule has 0 radical (unpaired) electrons. The van der Waals surface area contributed by atoms with Gasteiger partial charge in [0.25, 0.3) is 0 Å². The van der Waals surface area contributed by atoms with Crippen LogP contribution in [-0.2, 0) is 0 Å². The first-order valence-electron chi connectivity index (χ1n) is 5.15. The first kappa shape index (κ1) is 10.7. The van der Waals surface area contributed by atoms with Crippen LogP contribution >= 0.6 is 15.9 Å². The summed E-state index contributed by atoms with van der Waals surface area (Å²) in [6.07, 6.45) is 3.90. The lowest BCUT2D eigenvalue weighted by Crippen LogP contribution is -2.21. The topological polar surface area (TPSA) is 38.0 Å². The number of nitrogens with one attached hydrogen (secondary N) is 1. The minimum Gasteiger partial charge on any atom is -0.397 e.